The highest BCUT2D eigenvalue weighted by Crippen LogP contribution is 2.34. The molecule has 5 heteroatoms. The monoisotopic (exact) mass is 388 g/mol. The highest BCUT2D eigenvalue weighted by molar-refractivity contribution is 5.73. The maximum Gasteiger partial charge on any atom is 0.341 e. The third-order valence-electron chi connectivity index (χ3n) is 5.17. The zero-order valence-electron chi connectivity index (χ0n) is 16.3. The molecule has 0 unspecified atom stereocenters. The lowest BCUT2D eigenvalue weighted by Crippen LogP contribution is -2.12. The van der Waals surface area contributed by atoms with Crippen LogP contribution in [0.25, 0.3) is 5.57 Å². The molecule has 0 saturated heterocycles. The van der Waals surface area contributed by atoms with Crippen molar-refractivity contribution < 1.29 is 14.6 Å². The van der Waals surface area contributed by atoms with Gasteiger partial charge in [-0.1, -0.05) is 48.5 Å². The minimum Gasteiger partial charge on any atom is -0.482 e. The van der Waals surface area contributed by atoms with Crippen LogP contribution in [0, 0.1) is 0 Å². The van der Waals surface area contributed by atoms with E-state index in [1.54, 1.807) is 0 Å². The van der Waals surface area contributed by atoms with Crippen LogP contribution in [0.1, 0.15) is 35.2 Å². The van der Waals surface area contributed by atoms with Crippen LogP contribution in [0.5, 0.6) is 5.75 Å². The number of carboxylic acids is 1. The first-order valence-corrected chi connectivity index (χ1v) is 9.89. The number of hydrogen-bond acceptors (Lipinski definition) is 3. The molecule has 5 nitrogen and oxygen atoms in total. The van der Waals surface area contributed by atoms with E-state index in [0.717, 1.165) is 43.5 Å². The van der Waals surface area contributed by atoms with Gasteiger partial charge in [-0.25, -0.2) is 9.78 Å². The Morgan fingerprint density at radius 1 is 1.14 bits per heavy atom. The molecule has 3 aromatic rings. The number of fused-ring (bicyclic) bond motifs is 1. The lowest BCUT2D eigenvalue weighted by molar-refractivity contribution is -0.139. The molecule has 1 aliphatic carbocycles. The average molecular weight is 388 g/mol. The van der Waals surface area contributed by atoms with Crippen LogP contribution in [0.2, 0.25) is 0 Å². The number of nitrogens with zero attached hydrogens (tertiary/aromatic N) is 2. The van der Waals surface area contributed by atoms with Crippen molar-refractivity contribution in [1.29, 1.82) is 0 Å². The molecule has 0 bridgehead atoms. The van der Waals surface area contributed by atoms with Gasteiger partial charge in [-0.05, 0) is 42.0 Å². The van der Waals surface area contributed by atoms with Gasteiger partial charge >= 0.3 is 5.97 Å². The molecule has 0 amide bonds. The molecule has 0 spiro atoms. The van der Waals surface area contributed by atoms with Crippen molar-refractivity contribution >= 4 is 11.5 Å². The first-order chi connectivity index (χ1) is 14.2. The Bertz CT molecular complexity index is 1020. The maximum absolute atomic E-state index is 10.8. The van der Waals surface area contributed by atoms with Gasteiger partial charge in [0.2, 0.25) is 0 Å². The highest BCUT2D eigenvalue weighted by atomic mass is 16.5. The molecule has 148 valence electrons. The van der Waals surface area contributed by atoms with Crippen molar-refractivity contribution in [1.82, 2.24) is 9.55 Å². The fraction of sp³-hybridized carbons (Fsp3) is 0.250. The minimum atomic E-state index is -0.958. The van der Waals surface area contributed by atoms with E-state index in [4.69, 9.17) is 9.84 Å². The number of aliphatic carboxylic acids is 1. The normalized spacial score (nSPS) is 12.9. The lowest BCUT2D eigenvalue weighted by atomic mass is 9.88. The summed E-state index contributed by atoms with van der Waals surface area (Å²) in [6.07, 6.45) is 9.85. The van der Waals surface area contributed by atoms with E-state index >= 15 is 0 Å². The van der Waals surface area contributed by atoms with E-state index in [-0.39, 0.29) is 6.61 Å². The molecule has 1 N–H and O–H groups in total. The fourth-order valence-electron chi connectivity index (χ4n) is 3.81. The Labute approximate surface area is 170 Å². The minimum absolute atomic E-state index is 0.311. The molecule has 1 aromatic heterocycles. The second-order valence-corrected chi connectivity index (χ2v) is 7.25. The molecule has 0 aliphatic heterocycles. The predicted molar refractivity (Wildman–Crippen MR) is 112 cm³/mol. The molecular weight excluding hydrogens is 364 g/mol. The number of imidazole rings is 1. The number of benzene rings is 2. The van der Waals surface area contributed by atoms with Gasteiger partial charge in [-0.2, -0.15) is 0 Å². The summed E-state index contributed by atoms with van der Waals surface area (Å²) in [5.41, 5.74) is 5.89. The Morgan fingerprint density at radius 3 is 2.83 bits per heavy atom. The van der Waals surface area contributed by atoms with Gasteiger partial charge in [0, 0.05) is 24.7 Å². The van der Waals surface area contributed by atoms with E-state index in [2.05, 4.69) is 40.0 Å². The van der Waals surface area contributed by atoms with E-state index in [1.165, 1.54) is 16.7 Å². The second kappa shape index (κ2) is 8.78. The van der Waals surface area contributed by atoms with Gasteiger partial charge in [-0.3, -0.25) is 0 Å². The summed E-state index contributed by atoms with van der Waals surface area (Å²) >= 11 is 0. The third kappa shape index (κ3) is 4.74. The molecule has 1 heterocycles. The van der Waals surface area contributed by atoms with Crippen molar-refractivity contribution in [3.05, 3.63) is 89.5 Å². The van der Waals surface area contributed by atoms with Crippen LogP contribution in [0.15, 0.2) is 67.1 Å². The average Bonchev–Trinajstić information content (AvgIpc) is 3.18. The second-order valence-electron chi connectivity index (χ2n) is 7.25. The maximum atomic E-state index is 10.8. The van der Waals surface area contributed by atoms with Crippen LogP contribution in [-0.4, -0.2) is 27.2 Å². The number of aryl methyl sites for hydroxylation is 1. The third-order valence-corrected chi connectivity index (χ3v) is 5.17. The summed E-state index contributed by atoms with van der Waals surface area (Å²) in [6, 6.07) is 16.3. The first kappa shape index (κ1) is 19.0. The number of ether oxygens (including phenoxy) is 1. The van der Waals surface area contributed by atoms with Gasteiger partial charge in [-0.15, -0.1) is 0 Å². The van der Waals surface area contributed by atoms with Crippen molar-refractivity contribution in [2.24, 2.45) is 0 Å². The predicted octanol–water partition coefficient (Wildman–Crippen LogP) is 4.36. The number of aromatic nitrogens is 2. The number of rotatable bonds is 8. The van der Waals surface area contributed by atoms with Gasteiger partial charge in [0.1, 0.15) is 5.75 Å². The summed E-state index contributed by atoms with van der Waals surface area (Å²) < 4.78 is 7.63. The van der Waals surface area contributed by atoms with Gasteiger partial charge in [0.15, 0.2) is 6.61 Å². The first-order valence-electron chi connectivity index (χ1n) is 9.89. The standard InChI is InChI=1S/C24H24N2O3/c27-24(28)16-29-23-11-5-9-21-19(8-4-10-22(21)23)12-13-26-15-20(25-17-26)14-18-6-2-1-3-7-18/h1-3,5-9,11,15,17H,4,10,12-14,16H2,(H,27,28). The molecule has 2 aromatic carbocycles. The molecule has 0 radical (unpaired) electrons. The van der Waals surface area contributed by atoms with Gasteiger partial charge in [0.05, 0.1) is 12.0 Å². The highest BCUT2D eigenvalue weighted by Gasteiger charge is 2.17. The van der Waals surface area contributed by atoms with Gasteiger partial charge in [0.25, 0.3) is 0 Å². The van der Waals surface area contributed by atoms with Crippen LogP contribution in [0.4, 0.5) is 0 Å². The zero-order chi connectivity index (χ0) is 20.1. The van der Waals surface area contributed by atoms with Crippen molar-refractivity contribution in [2.45, 2.75) is 32.2 Å². The zero-order valence-corrected chi connectivity index (χ0v) is 16.3. The fourth-order valence-corrected chi connectivity index (χ4v) is 3.81. The number of hydrogen-bond donors (Lipinski definition) is 1. The molecule has 4 rings (SSSR count). The Morgan fingerprint density at radius 2 is 2.00 bits per heavy atom. The van der Waals surface area contributed by atoms with E-state index in [9.17, 15) is 4.79 Å². The van der Waals surface area contributed by atoms with Crippen LogP contribution >= 0.6 is 0 Å². The smallest absolute Gasteiger partial charge is 0.341 e. The van der Waals surface area contributed by atoms with E-state index in [0.29, 0.717) is 5.75 Å². The Balaban J connectivity index is 1.42. The lowest BCUT2D eigenvalue weighted by Gasteiger charge is -2.21. The molecular formula is C24H24N2O3. The van der Waals surface area contributed by atoms with Crippen molar-refractivity contribution in [3.8, 4) is 5.75 Å². The van der Waals surface area contributed by atoms with E-state index in [1.807, 2.05) is 36.7 Å². The molecule has 0 fully saturated rings. The van der Waals surface area contributed by atoms with Crippen LogP contribution in [0.3, 0.4) is 0 Å². The summed E-state index contributed by atoms with van der Waals surface area (Å²) in [5.74, 6) is -0.274. The topological polar surface area (TPSA) is 64.3 Å². The number of carbonyl (C=O) groups is 1. The molecule has 0 atom stereocenters. The van der Waals surface area contributed by atoms with E-state index < -0.39 is 5.97 Å². The van der Waals surface area contributed by atoms with Crippen LogP contribution < -0.4 is 4.74 Å². The number of carboxylic acid groups (broad SMARTS) is 1. The molecule has 1 aliphatic rings. The summed E-state index contributed by atoms with van der Waals surface area (Å²) in [5, 5.41) is 8.89. The number of allylic oxidation sites excluding steroid dienone is 2. The SMILES string of the molecule is O=C(O)COc1cccc2c1CCC=C2CCn1cnc(Cc2ccccc2)c1. The molecule has 29 heavy (non-hydrogen) atoms. The Kier molecular flexibility index (Phi) is 5.75. The summed E-state index contributed by atoms with van der Waals surface area (Å²) in [7, 11) is 0. The van der Waals surface area contributed by atoms with Crippen molar-refractivity contribution in [3.63, 3.8) is 0 Å². The van der Waals surface area contributed by atoms with Crippen molar-refractivity contribution in [2.75, 3.05) is 6.61 Å². The largest absolute Gasteiger partial charge is 0.482 e. The summed E-state index contributed by atoms with van der Waals surface area (Å²) in [6.45, 7) is 0.544. The van der Waals surface area contributed by atoms with Gasteiger partial charge < -0.3 is 14.4 Å². The molecule has 0 saturated carbocycles. The summed E-state index contributed by atoms with van der Waals surface area (Å²) in [4.78, 5) is 15.4. The quantitative estimate of drug-likeness (QED) is 0.623. The van der Waals surface area contributed by atoms with Crippen LogP contribution in [-0.2, 0) is 24.2 Å². The Hall–Kier alpha value is -3.34.